The minimum Gasteiger partial charge on any atom is -0.370 e. The predicted molar refractivity (Wildman–Crippen MR) is 88.1 cm³/mol. The molecule has 0 bridgehead atoms. The highest BCUT2D eigenvalue weighted by molar-refractivity contribution is 5.46. The van der Waals surface area contributed by atoms with Gasteiger partial charge < -0.3 is 10.6 Å². The van der Waals surface area contributed by atoms with E-state index in [4.69, 9.17) is 5.73 Å². The molecule has 1 aliphatic carbocycles. The van der Waals surface area contributed by atoms with Gasteiger partial charge in [0.05, 0.1) is 0 Å². The molecular formula is C18H30N2. The molecule has 1 aliphatic rings. The Morgan fingerprint density at radius 3 is 2.70 bits per heavy atom. The molecule has 0 aromatic heterocycles. The number of rotatable bonds is 6. The van der Waals surface area contributed by atoms with Gasteiger partial charge in [-0.1, -0.05) is 51.3 Å². The average molecular weight is 274 g/mol. The summed E-state index contributed by atoms with van der Waals surface area (Å²) < 4.78 is 0. The molecule has 0 heterocycles. The van der Waals surface area contributed by atoms with Gasteiger partial charge in [-0.05, 0) is 37.3 Å². The molecule has 0 amide bonds. The lowest BCUT2D eigenvalue weighted by Crippen LogP contribution is -2.53. The standard InChI is InChI=1S/C18H30N2/c1-3-4-13-20(17-10-6-5-7-11-17)15-18(19)12-8-9-16(2)14-18/h5-7,10-11,16H,3-4,8-9,12-15,19H2,1-2H3. The zero-order valence-corrected chi connectivity index (χ0v) is 13.1. The average Bonchev–Trinajstić information content (AvgIpc) is 2.44. The van der Waals surface area contributed by atoms with Crippen molar-refractivity contribution < 1.29 is 0 Å². The van der Waals surface area contributed by atoms with Crippen molar-refractivity contribution in [2.45, 2.75) is 57.9 Å². The normalized spacial score (nSPS) is 26.4. The van der Waals surface area contributed by atoms with Crippen molar-refractivity contribution in [3.8, 4) is 0 Å². The summed E-state index contributed by atoms with van der Waals surface area (Å²) in [6.45, 7) is 6.72. The van der Waals surface area contributed by atoms with Crippen LogP contribution in [0.5, 0.6) is 0 Å². The van der Waals surface area contributed by atoms with Crippen LogP contribution < -0.4 is 10.6 Å². The van der Waals surface area contributed by atoms with Gasteiger partial charge >= 0.3 is 0 Å². The minimum atomic E-state index is 0.00124. The van der Waals surface area contributed by atoms with Gasteiger partial charge in [0.1, 0.15) is 0 Å². The number of nitrogens with two attached hydrogens (primary N) is 1. The summed E-state index contributed by atoms with van der Waals surface area (Å²) in [5, 5.41) is 0. The Hall–Kier alpha value is -1.02. The lowest BCUT2D eigenvalue weighted by atomic mass is 9.76. The molecule has 1 saturated carbocycles. The second-order valence-corrected chi connectivity index (χ2v) is 6.67. The van der Waals surface area contributed by atoms with Crippen LogP contribution in [-0.2, 0) is 0 Å². The molecule has 2 atom stereocenters. The van der Waals surface area contributed by atoms with Gasteiger partial charge in [0.15, 0.2) is 0 Å². The molecule has 0 radical (unpaired) electrons. The van der Waals surface area contributed by atoms with Crippen LogP contribution in [0, 0.1) is 5.92 Å². The second kappa shape index (κ2) is 7.12. The maximum absolute atomic E-state index is 6.72. The molecule has 112 valence electrons. The second-order valence-electron chi connectivity index (χ2n) is 6.67. The van der Waals surface area contributed by atoms with Gasteiger partial charge in [-0.25, -0.2) is 0 Å². The fraction of sp³-hybridized carbons (Fsp3) is 0.667. The summed E-state index contributed by atoms with van der Waals surface area (Å²) in [7, 11) is 0. The van der Waals surface area contributed by atoms with Crippen LogP contribution in [0.15, 0.2) is 30.3 Å². The third kappa shape index (κ3) is 4.24. The molecule has 0 spiro atoms. The van der Waals surface area contributed by atoms with E-state index in [-0.39, 0.29) is 5.54 Å². The molecular weight excluding hydrogens is 244 g/mol. The number of benzene rings is 1. The first-order chi connectivity index (χ1) is 9.63. The van der Waals surface area contributed by atoms with Crippen LogP contribution >= 0.6 is 0 Å². The van der Waals surface area contributed by atoms with Crippen molar-refractivity contribution in [2.75, 3.05) is 18.0 Å². The molecule has 2 unspecified atom stereocenters. The van der Waals surface area contributed by atoms with E-state index in [9.17, 15) is 0 Å². The number of hydrogen-bond donors (Lipinski definition) is 1. The largest absolute Gasteiger partial charge is 0.370 e. The lowest BCUT2D eigenvalue weighted by Gasteiger charge is -2.41. The highest BCUT2D eigenvalue weighted by Gasteiger charge is 2.32. The molecule has 0 saturated heterocycles. The zero-order valence-electron chi connectivity index (χ0n) is 13.1. The molecule has 2 N–H and O–H groups in total. The highest BCUT2D eigenvalue weighted by atomic mass is 15.2. The van der Waals surface area contributed by atoms with Crippen LogP contribution in [0.1, 0.15) is 52.4 Å². The van der Waals surface area contributed by atoms with Crippen LogP contribution in [-0.4, -0.2) is 18.6 Å². The molecule has 2 rings (SSSR count). The molecule has 1 fully saturated rings. The Bertz CT molecular complexity index is 390. The Morgan fingerprint density at radius 1 is 1.30 bits per heavy atom. The Morgan fingerprint density at radius 2 is 2.05 bits per heavy atom. The van der Waals surface area contributed by atoms with E-state index in [0.717, 1.165) is 19.0 Å². The van der Waals surface area contributed by atoms with Gasteiger partial charge in [-0.15, -0.1) is 0 Å². The fourth-order valence-corrected chi connectivity index (χ4v) is 3.51. The summed E-state index contributed by atoms with van der Waals surface area (Å²) in [5.74, 6) is 0.776. The third-order valence-electron chi connectivity index (χ3n) is 4.54. The van der Waals surface area contributed by atoms with Crippen LogP contribution in [0.25, 0.3) is 0 Å². The summed E-state index contributed by atoms with van der Waals surface area (Å²) in [5.41, 5.74) is 8.04. The number of anilines is 1. The Balaban J connectivity index is 2.07. The van der Waals surface area contributed by atoms with E-state index >= 15 is 0 Å². The highest BCUT2D eigenvalue weighted by Crippen LogP contribution is 2.32. The van der Waals surface area contributed by atoms with Crippen molar-refractivity contribution >= 4 is 5.69 Å². The van der Waals surface area contributed by atoms with Crippen molar-refractivity contribution in [2.24, 2.45) is 11.7 Å². The first kappa shape index (κ1) is 15.4. The van der Waals surface area contributed by atoms with Gasteiger partial charge in [-0.3, -0.25) is 0 Å². The van der Waals surface area contributed by atoms with Gasteiger partial charge in [0.2, 0.25) is 0 Å². The van der Waals surface area contributed by atoms with E-state index in [2.05, 4.69) is 49.1 Å². The van der Waals surface area contributed by atoms with Crippen molar-refractivity contribution in [3.63, 3.8) is 0 Å². The van der Waals surface area contributed by atoms with E-state index in [1.165, 1.54) is 44.2 Å². The summed E-state index contributed by atoms with van der Waals surface area (Å²) in [4.78, 5) is 2.50. The fourth-order valence-electron chi connectivity index (χ4n) is 3.51. The molecule has 2 nitrogen and oxygen atoms in total. The third-order valence-corrected chi connectivity index (χ3v) is 4.54. The lowest BCUT2D eigenvalue weighted by molar-refractivity contribution is 0.239. The smallest absolute Gasteiger partial charge is 0.0366 e. The van der Waals surface area contributed by atoms with Crippen LogP contribution in [0.2, 0.25) is 0 Å². The van der Waals surface area contributed by atoms with Crippen molar-refractivity contribution in [1.29, 1.82) is 0 Å². The maximum Gasteiger partial charge on any atom is 0.0366 e. The summed E-state index contributed by atoms with van der Waals surface area (Å²) in [6.07, 6.45) is 7.44. The number of unbranched alkanes of at least 4 members (excludes halogenated alkanes) is 1. The Kier molecular flexibility index (Phi) is 5.47. The van der Waals surface area contributed by atoms with E-state index in [1.54, 1.807) is 0 Å². The quantitative estimate of drug-likeness (QED) is 0.842. The minimum absolute atomic E-state index is 0.00124. The molecule has 20 heavy (non-hydrogen) atoms. The monoisotopic (exact) mass is 274 g/mol. The van der Waals surface area contributed by atoms with Gasteiger partial charge in [0.25, 0.3) is 0 Å². The number of nitrogens with zero attached hydrogens (tertiary/aromatic N) is 1. The SMILES string of the molecule is CCCCN(CC1(N)CCCC(C)C1)c1ccccc1. The van der Waals surface area contributed by atoms with Crippen LogP contribution in [0.3, 0.4) is 0 Å². The van der Waals surface area contributed by atoms with E-state index in [1.807, 2.05) is 0 Å². The molecule has 1 aromatic carbocycles. The van der Waals surface area contributed by atoms with Gasteiger partial charge in [-0.2, -0.15) is 0 Å². The zero-order chi connectivity index (χ0) is 14.4. The maximum atomic E-state index is 6.72. The molecule has 1 aromatic rings. The van der Waals surface area contributed by atoms with E-state index < -0.39 is 0 Å². The Labute approximate surface area is 124 Å². The summed E-state index contributed by atoms with van der Waals surface area (Å²) >= 11 is 0. The topological polar surface area (TPSA) is 29.3 Å². The first-order valence-electron chi connectivity index (χ1n) is 8.22. The van der Waals surface area contributed by atoms with Crippen LogP contribution in [0.4, 0.5) is 5.69 Å². The van der Waals surface area contributed by atoms with Crippen molar-refractivity contribution in [1.82, 2.24) is 0 Å². The van der Waals surface area contributed by atoms with E-state index in [0.29, 0.717) is 0 Å². The number of hydrogen-bond acceptors (Lipinski definition) is 2. The first-order valence-corrected chi connectivity index (χ1v) is 8.22. The molecule has 2 heteroatoms. The van der Waals surface area contributed by atoms with Gasteiger partial charge in [0, 0.05) is 24.3 Å². The summed E-state index contributed by atoms with van der Waals surface area (Å²) in [6, 6.07) is 10.8. The number of para-hydroxylation sites is 1. The van der Waals surface area contributed by atoms with Crippen molar-refractivity contribution in [3.05, 3.63) is 30.3 Å². The molecule has 0 aliphatic heterocycles. The predicted octanol–water partition coefficient (Wildman–Crippen LogP) is 4.20.